The molecule has 2 rings (SSSR count). The van der Waals surface area contributed by atoms with Crippen molar-refractivity contribution in [3.63, 3.8) is 0 Å². The Labute approximate surface area is 141 Å². The number of aliphatic hydroxyl groups is 1. The Kier molecular flexibility index (Phi) is 5.46. The number of ketones is 1. The number of halogens is 1. The minimum atomic E-state index is -1.31. The lowest BCUT2D eigenvalue weighted by molar-refractivity contribution is -0.384. The number of nitro groups is 1. The van der Waals surface area contributed by atoms with Crippen LogP contribution in [-0.4, -0.2) is 29.0 Å². The molecule has 0 saturated carbocycles. The van der Waals surface area contributed by atoms with Crippen LogP contribution in [-0.2, 0) is 0 Å². The Hall–Kier alpha value is -2.25. The van der Waals surface area contributed by atoms with E-state index in [4.69, 9.17) is 4.74 Å². The molecule has 0 radical (unpaired) electrons. The molecule has 0 amide bonds. The predicted molar refractivity (Wildman–Crippen MR) is 88.1 cm³/mol. The van der Waals surface area contributed by atoms with Crippen LogP contribution in [0.5, 0.6) is 5.75 Å². The topological polar surface area (TPSA) is 89.7 Å². The molecule has 1 N–H and O–H groups in total. The van der Waals surface area contributed by atoms with Crippen LogP contribution in [0, 0.1) is 10.1 Å². The maximum Gasteiger partial charge on any atom is 0.269 e. The highest BCUT2D eigenvalue weighted by atomic mass is 79.9. The van der Waals surface area contributed by atoms with Crippen molar-refractivity contribution in [2.45, 2.75) is 10.9 Å². The van der Waals surface area contributed by atoms with Crippen LogP contribution in [0.3, 0.4) is 0 Å². The van der Waals surface area contributed by atoms with Crippen molar-refractivity contribution in [2.24, 2.45) is 0 Å². The van der Waals surface area contributed by atoms with Crippen molar-refractivity contribution in [2.75, 3.05) is 7.11 Å². The van der Waals surface area contributed by atoms with Crippen LogP contribution < -0.4 is 4.74 Å². The number of aliphatic hydroxyl groups excluding tert-OH is 1. The summed E-state index contributed by atoms with van der Waals surface area (Å²) in [5, 5.41) is 20.9. The van der Waals surface area contributed by atoms with E-state index < -0.39 is 21.6 Å². The Morgan fingerprint density at radius 1 is 1.17 bits per heavy atom. The van der Waals surface area contributed by atoms with E-state index >= 15 is 0 Å². The number of Topliss-reactive ketones (excluding diaryl/α,β-unsaturated/α-hetero) is 1. The molecule has 23 heavy (non-hydrogen) atoms. The third kappa shape index (κ3) is 3.94. The van der Waals surface area contributed by atoms with Gasteiger partial charge in [-0.2, -0.15) is 0 Å². The highest BCUT2D eigenvalue weighted by Gasteiger charge is 2.26. The molecule has 0 spiro atoms. The summed E-state index contributed by atoms with van der Waals surface area (Å²) in [6.45, 7) is 0. The molecule has 2 aromatic rings. The van der Waals surface area contributed by atoms with Gasteiger partial charge in [-0.25, -0.2) is 0 Å². The maximum atomic E-state index is 12.3. The van der Waals surface area contributed by atoms with Crippen molar-refractivity contribution in [3.8, 4) is 5.75 Å². The molecule has 120 valence electrons. The number of alkyl halides is 1. The molecule has 0 saturated heterocycles. The Balaban J connectivity index is 2.15. The van der Waals surface area contributed by atoms with E-state index in [-0.39, 0.29) is 5.69 Å². The summed E-state index contributed by atoms with van der Waals surface area (Å²) in [5.74, 6) is 0.162. The SMILES string of the molecule is COc1ccc(C(=O)[C@@H](O)[C@H](Br)c2ccc([N+](=O)[O-])cc2)cc1. The maximum absolute atomic E-state index is 12.3. The van der Waals surface area contributed by atoms with Crippen molar-refractivity contribution in [1.29, 1.82) is 0 Å². The number of benzene rings is 2. The number of rotatable bonds is 6. The average molecular weight is 380 g/mol. The normalized spacial score (nSPS) is 13.2. The fourth-order valence-corrected chi connectivity index (χ4v) is 2.57. The van der Waals surface area contributed by atoms with Crippen molar-refractivity contribution in [1.82, 2.24) is 0 Å². The van der Waals surface area contributed by atoms with Gasteiger partial charge in [0.15, 0.2) is 5.78 Å². The quantitative estimate of drug-likeness (QED) is 0.360. The van der Waals surface area contributed by atoms with Crippen LogP contribution in [0.1, 0.15) is 20.7 Å². The molecule has 0 aliphatic carbocycles. The number of ether oxygens (including phenoxy) is 1. The Bertz CT molecular complexity index is 699. The van der Waals surface area contributed by atoms with Crippen LogP contribution in [0.2, 0.25) is 0 Å². The zero-order valence-electron chi connectivity index (χ0n) is 12.2. The Morgan fingerprint density at radius 2 is 1.74 bits per heavy atom. The van der Waals surface area contributed by atoms with Gasteiger partial charge in [-0.1, -0.05) is 28.1 Å². The van der Waals surface area contributed by atoms with Crippen molar-refractivity contribution < 1.29 is 19.6 Å². The second kappa shape index (κ2) is 7.34. The number of nitrogens with zero attached hydrogens (tertiary/aromatic N) is 1. The van der Waals surface area contributed by atoms with Gasteiger partial charge in [-0.15, -0.1) is 0 Å². The van der Waals surface area contributed by atoms with E-state index in [1.807, 2.05) is 0 Å². The van der Waals surface area contributed by atoms with Gasteiger partial charge in [-0.3, -0.25) is 14.9 Å². The van der Waals surface area contributed by atoms with E-state index in [9.17, 15) is 20.0 Å². The number of methoxy groups -OCH3 is 1. The molecule has 2 aromatic carbocycles. The van der Waals surface area contributed by atoms with Crippen LogP contribution in [0.4, 0.5) is 5.69 Å². The molecule has 7 heteroatoms. The monoisotopic (exact) mass is 379 g/mol. The van der Waals surface area contributed by atoms with E-state index in [1.54, 1.807) is 24.3 Å². The minimum Gasteiger partial charge on any atom is -0.497 e. The van der Waals surface area contributed by atoms with Gasteiger partial charge in [0.25, 0.3) is 5.69 Å². The van der Waals surface area contributed by atoms with Crippen LogP contribution in [0.25, 0.3) is 0 Å². The molecular weight excluding hydrogens is 366 g/mol. The first kappa shape index (κ1) is 17.1. The van der Waals surface area contributed by atoms with Gasteiger partial charge >= 0.3 is 0 Å². The summed E-state index contributed by atoms with van der Waals surface area (Å²) < 4.78 is 5.02. The summed E-state index contributed by atoms with van der Waals surface area (Å²) in [6.07, 6.45) is -1.31. The van der Waals surface area contributed by atoms with Gasteiger partial charge in [-0.05, 0) is 29.8 Å². The first-order valence-corrected chi connectivity index (χ1v) is 7.60. The van der Waals surface area contributed by atoms with E-state index in [2.05, 4.69) is 15.9 Å². The van der Waals surface area contributed by atoms with Crippen LogP contribution >= 0.6 is 15.9 Å². The molecule has 0 bridgehead atoms. The molecule has 0 unspecified atom stereocenters. The third-order valence-electron chi connectivity index (χ3n) is 3.34. The number of hydrogen-bond donors (Lipinski definition) is 1. The fraction of sp³-hybridized carbons (Fsp3) is 0.188. The molecule has 0 heterocycles. The molecule has 6 nitrogen and oxygen atoms in total. The predicted octanol–water partition coefficient (Wildman–Crippen LogP) is 3.28. The standard InChI is InChI=1S/C16H14BrNO5/c1-23-13-8-4-11(5-9-13)15(19)16(20)14(17)10-2-6-12(7-3-10)18(21)22/h2-9,14,16,20H,1H3/t14-,16+/m1/s1. The molecule has 0 fully saturated rings. The molecule has 0 aliphatic heterocycles. The summed E-state index contributed by atoms with van der Waals surface area (Å²) in [4.78, 5) is 21.8. The van der Waals surface area contributed by atoms with Crippen molar-refractivity contribution >= 4 is 27.4 Å². The molecule has 2 atom stereocenters. The minimum absolute atomic E-state index is 0.0515. The number of carbonyl (C=O) groups excluding carboxylic acids is 1. The molecular formula is C16H14BrNO5. The largest absolute Gasteiger partial charge is 0.497 e. The van der Waals surface area contributed by atoms with E-state index in [0.717, 1.165) is 0 Å². The summed E-state index contributed by atoms with van der Waals surface area (Å²) in [7, 11) is 1.52. The highest BCUT2D eigenvalue weighted by Crippen LogP contribution is 2.30. The average Bonchev–Trinajstić information content (AvgIpc) is 2.60. The lowest BCUT2D eigenvalue weighted by atomic mass is 9.99. The van der Waals surface area contributed by atoms with Gasteiger partial charge in [0, 0.05) is 17.7 Å². The third-order valence-corrected chi connectivity index (χ3v) is 4.37. The summed E-state index contributed by atoms with van der Waals surface area (Å²) >= 11 is 3.27. The van der Waals surface area contributed by atoms with Crippen molar-refractivity contribution in [3.05, 3.63) is 69.8 Å². The molecule has 0 aromatic heterocycles. The van der Waals surface area contributed by atoms with Gasteiger partial charge in [0.1, 0.15) is 11.9 Å². The summed E-state index contributed by atoms with van der Waals surface area (Å²) in [6, 6.07) is 12.1. The summed E-state index contributed by atoms with van der Waals surface area (Å²) in [5.41, 5.74) is 0.874. The lowest BCUT2D eigenvalue weighted by Crippen LogP contribution is -2.25. The highest BCUT2D eigenvalue weighted by molar-refractivity contribution is 9.09. The number of non-ortho nitro benzene ring substituents is 1. The smallest absolute Gasteiger partial charge is 0.269 e. The van der Waals surface area contributed by atoms with E-state index in [0.29, 0.717) is 16.9 Å². The van der Waals surface area contributed by atoms with Gasteiger partial charge in [0.05, 0.1) is 16.9 Å². The second-order valence-corrected chi connectivity index (χ2v) is 5.77. The number of carbonyl (C=O) groups is 1. The second-order valence-electron chi connectivity index (χ2n) is 4.79. The Morgan fingerprint density at radius 3 is 2.22 bits per heavy atom. The fourth-order valence-electron chi connectivity index (χ4n) is 2.02. The molecule has 0 aliphatic rings. The van der Waals surface area contributed by atoms with Gasteiger partial charge in [0.2, 0.25) is 0 Å². The lowest BCUT2D eigenvalue weighted by Gasteiger charge is -2.16. The zero-order valence-corrected chi connectivity index (χ0v) is 13.8. The van der Waals surface area contributed by atoms with Gasteiger partial charge < -0.3 is 9.84 Å². The first-order valence-electron chi connectivity index (χ1n) is 6.69. The van der Waals surface area contributed by atoms with E-state index in [1.165, 1.54) is 31.4 Å². The van der Waals surface area contributed by atoms with Crippen LogP contribution in [0.15, 0.2) is 48.5 Å². The number of hydrogen-bond acceptors (Lipinski definition) is 5. The number of nitro benzene ring substituents is 1. The first-order chi connectivity index (χ1) is 10.9. The zero-order chi connectivity index (χ0) is 17.0.